The number of β-amino-alcohol motifs (C(OH)–C–C–N with tert-alkyl or cyclic N) is 1. The molecule has 25 heavy (non-hydrogen) atoms. The van der Waals surface area contributed by atoms with Crippen LogP contribution >= 0.6 is 11.6 Å². The van der Waals surface area contributed by atoms with Gasteiger partial charge >= 0.3 is 0 Å². The van der Waals surface area contributed by atoms with E-state index in [-0.39, 0.29) is 23.7 Å². The van der Waals surface area contributed by atoms with Gasteiger partial charge in [-0.2, -0.15) is 0 Å². The van der Waals surface area contributed by atoms with Crippen molar-refractivity contribution in [3.63, 3.8) is 0 Å². The SMILES string of the molecule is NC(=O)C1CCN([C@@H]2CCN(Cc3c(F)cccc3Cl)C[C@H]2O)CC1. The van der Waals surface area contributed by atoms with Gasteiger partial charge in [0.1, 0.15) is 5.82 Å². The number of carbonyl (C=O) groups excluding carboxylic acids is 1. The van der Waals surface area contributed by atoms with E-state index in [2.05, 4.69) is 4.90 Å². The number of hydrogen-bond acceptors (Lipinski definition) is 4. The van der Waals surface area contributed by atoms with Crippen LogP contribution in [0.25, 0.3) is 0 Å². The summed E-state index contributed by atoms with van der Waals surface area (Å²) in [5.74, 6) is -0.578. The number of halogens is 2. The van der Waals surface area contributed by atoms with Gasteiger partial charge in [-0.05, 0) is 44.5 Å². The lowest BCUT2D eigenvalue weighted by Gasteiger charge is -2.44. The predicted octanol–water partition coefficient (Wildman–Crippen LogP) is 1.61. The van der Waals surface area contributed by atoms with Crippen molar-refractivity contribution in [3.8, 4) is 0 Å². The van der Waals surface area contributed by atoms with Crippen LogP contribution in [0.15, 0.2) is 18.2 Å². The Bertz CT molecular complexity index is 602. The molecule has 1 amide bonds. The van der Waals surface area contributed by atoms with Gasteiger partial charge in [0.25, 0.3) is 0 Å². The predicted molar refractivity (Wildman–Crippen MR) is 94.6 cm³/mol. The van der Waals surface area contributed by atoms with Gasteiger partial charge in [-0.1, -0.05) is 17.7 Å². The molecule has 0 unspecified atom stereocenters. The van der Waals surface area contributed by atoms with Crippen molar-refractivity contribution in [1.29, 1.82) is 0 Å². The topological polar surface area (TPSA) is 69.8 Å². The largest absolute Gasteiger partial charge is 0.390 e. The van der Waals surface area contributed by atoms with Crippen LogP contribution in [0.3, 0.4) is 0 Å². The molecule has 1 aromatic carbocycles. The van der Waals surface area contributed by atoms with Gasteiger partial charge in [-0.25, -0.2) is 4.39 Å². The molecular formula is C18H25ClFN3O2. The molecule has 0 bridgehead atoms. The molecule has 2 saturated heterocycles. The van der Waals surface area contributed by atoms with Gasteiger partial charge < -0.3 is 10.8 Å². The maximum Gasteiger partial charge on any atom is 0.220 e. The quantitative estimate of drug-likeness (QED) is 0.846. The van der Waals surface area contributed by atoms with Crippen LogP contribution in [0.5, 0.6) is 0 Å². The number of nitrogens with two attached hydrogens (primary N) is 1. The lowest BCUT2D eigenvalue weighted by Crippen LogP contribution is -2.56. The van der Waals surface area contributed by atoms with E-state index in [0.717, 1.165) is 38.9 Å². The molecule has 2 heterocycles. The Morgan fingerprint density at radius 3 is 2.60 bits per heavy atom. The fraction of sp³-hybridized carbons (Fsp3) is 0.611. The van der Waals surface area contributed by atoms with Crippen LogP contribution in [-0.2, 0) is 11.3 Å². The average molecular weight is 370 g/mol. The number of benzene rings is 1. The first-order valence-corrected chi connectivity index (χ1v) is 9.20. The maximum absolute atomic E-state index is 14.0. The van der Waals surface area contributed by atoms with Gasteiger partial charge in [-0.15, -0.1) is 0 Å². The number of hydrogen-bond donors (Lipinski definition) is 2. The molecule has 7 heteroatoms. The van der Waals surface area contributed by atoms with Crippen molar-refractivity contribution in [2.45, 2.75) is 38.0 Å². The third-order valence-electron chi connectivity index (χ3n) is 5.47. The van der Waals surface area contributed by atoms with Crippen molar-refractivity contribution < 1.29 is 14.3 Å². The van der Waals surface area contributed by atoms with E-state index in [9.17, 15) is 14.3 Å². The fourth-order valence-electron chi connectivity index (χ4n) is 3.98. The summed E-state index contributed by atoms with van der Waals surface area (Å²) in [6.45, 7) is 3.25. The van der Waals surface area contributed by atoms with E-state index in [4.69, 9.17) is 17.3 Å². The third kappa shape index (κ3) is 4.31. The Kier molecular flexibility index (Phi) is 5.94. The number of likely N-dealkylation sites (tertiary alicyclic amines) is 2. The van der Waals surface area contributed by atoms with Crippen molar-refractivity contribution in [1.82, 2.24) is 9.80 Å². The smallest absolute Gasteiger partial charge is 0.220 e. The molecule has 0 aliphatic carbocycles. The van der Waals surface area contributed by atoms with E-state index in [1.54, 1.807) is 12.1 Å². The van der Waals surface area contributed by atoms with Crippen LogP contribution in [0, 0.1) is 11.7 Å². The van der Waals surface area contributed by atoms with Crippen LogP contribution in [0.1, 0.15) is 24.8 Å². The highest BCUT2D eigenvalue weighted by molar-refractivity contribution is 6.31. The molecule has 3 N–H and O–H groups in total. The molecule has 3 rings (SSSR count). The highest BCUT2D eigenvalue weighted by Crippen LogP contribution is 2.26. The third-order valence-corrected chi connectivity index (χ3v) is 5.83. The molecule has 0 spiro atoms. The highest BCUT2D eigenvalue weighted by atomic mass is 35.5. The van der Waals surface area contributed by atoms with Crippen molar-refractivity contribution in [2.24, 2.45) is 11.7 Å². The Labute approximate surface area is 152 Å². The Morgan fingerprint density at radius 2 is 2.00 bits per heavy atom. The standard InChI is InChI=1S/C18H25ClFN3O2/c19-14-2-1-3-15(20)13(14)10-22-7-6-16(17(24)11-22)23-8-4-12(5-9-23)18(21)25/h1-3,12,16-17,24H,4-11H2,(H2,21,25)/t16-,17-/m1/s1. The van der Waals surface area contributed by atoms with E-state index in [1.807, 2.05) is 4.90 Å². The van der Waals surface area contributed by atoms with Gasteiger partial charge in [0.15, 0.2) is 0 Å². The summed E-state index contributed by atoms with van der Waals surface area (Å²) >= 11 is 6.10. The zero-order valence-corrected chi connectivity index (χ0v) is 15.0. The second-order valence-electron chi connectivity index (χ2n) is 7.07. The molecule has 2 aliphatic rings. The van der Waals surface area contributed by atoms with Crippen LogP contribution in [-0.4, -0.2) is 59.1 Å². The van der Waals surface area contributed by atoms with Crippen molar-refractivity contribution >= 4 is 17.5 Å². The summed E-state index contributed by atoms with van der Waals surface area (Å²) < 4.78 is 14.0. The fourth-order valence-corrected chi connectivity index (χ4v) is 4.20. The number of piperidine rings is 2. The van der Waals surface area contributed by atoms with E-state index >= 15 is 0 Å². The summed E-state index contributed by atoms with van der Waals surface area (Å²) in [6, 6.07) is 4.78. The number of primary amides is 1. The zero-order valence-electron chi connectivity index (χ0n) is 14.2. The van der Waals surface area contributed by atoms with Crippen LogP contribution in [0.4, 0.5) is 4.39 Å². The molecule has 0 radical (unpaired) electrons. The highest BCUT2D eigenvalue weighted by Gasteiger charge is 2.35. The molecule has 0 saturated carbocycles. The van der Waals surface area contributed by atoms with Crippen molar-refractivity contribution in [2.75, 3.05) is 26.2 Å². The normalized spacial score (nSPS) is 26.7. The number of amides is 1. The van der Waals surface area contributed by atoms with Gasteiger partial charge in [0.05, 0.1) is 6.10 Å². The molecule has 2 fully saturated rings. The second-order valence-corrected chi connectivity index (χ2v) is 7.48. The Hall–Kier alpha value is -1.21. The lowest BCUT2D eigenvalue weighted by molar-refractivity contribution is -0.123. The molecular weight excluding hydrogens is 345 g/mol. The number of rotatable bonds is 4. The number of carbonyl (C=O) groups is 1. The number of nitrogens with zero attached hydrogens (tertiary/aromatic N) is 2. The summed E-state index contributed by atoms with van der Waals surface area (Å²) in [4.78, 5) is 15.6. The van der Waals surface area contributed by atoms with Gasteiger partial charge in [0.2, 0.25) is 5.91 Å². The summed E-state index contributed by atoms with van der Waals surface area (Å²) in [6.07, 6.45) is 1.83. The van der Waals surface area contributed by atoms with E-state index < -0.39 is 6.10 Å². The molecule has 1 aromatic rings. The molecule has 0 aromatic heterocycles. The first-order valence-electron chi connectivity index (χ1n) is 8.82. The van der Waals surface area contributed by atoms with E-state index in [1.165, 1.54) is 6.07 Å². The van der Waals surface area contributed by atoms with E-state index in [0.29, 0.717) is 23.7 Å². The Balaban J connectivity index is 1.55. The minimum atomic E-state index is -0.496. The van der Waals surface area contributed by atoms with Gasteiger partial charge in [-0.3, -0.25) is 14.6 Å². The van der Waals surface area contributed by atoms with Gasteiger partial charge in [0, 0.05) is 42.2 Å². The average Bonchev–Trinajstić information content (AvgIpc) is 2.58. The molecule has 2 atom stereocenters. The minimum absolute atomic E-state index is 0.0447. The summed E-state index contributed by atoms with van der Waals surface area (Å²) in [7, 11) is 0. The summed E-state index contributed by atoms with van der Waals surface area (Å²) in [5.41, 5.74) is 5.86. The molecule has 2 aliphatic heterocycles. The zero-order chi connectivity index (χ0) is 18.0. The van der Waals surface area contributed by atoms with Crippen LogP contribution < -0.4 is 5.73 Å². The number of aliphatic hydroxyl groups is 1. The second kappa shape index (κ2) is 7.99. The minimum Gasteiger partial charge on any atom is -0.390 e. The first kappa shape index (κ1) is 18.6. The van der Waals surface area contributed by atoms with Crippen molar-refractivity contribution in [3.05, 3.63) is 34.6 Å². The molecule has 5 nitrogen and oxygen atoms in total. The number of aliphatic hydroxyl groups excluding tert-OH is 1. The lowest BCUT2D eigenvalue weighted by atomic mass is 9.92. The maximum atomic E-state index is 14.0. The summed E-state index contributed by atoms with van der Waals surface area (Å²) in [5, 5.41) is 11.0. The first-order chi connectivity index (χ1) is 12.0. The van der Waals surface area contributed by atoms with Crippen LogP contribution in [0.2, 0.25) is 5.02 Å². The molecule has 138 valence electrons. The Morgan fingerprint density at radius 1 is 1.28 bits per heavy atom. The monoisotopic (exact) mass is 369 g/mol.